The third-order valence-corrected chi connectivity index (χ3v) is 2.39. The molecule has 0 radical (unpaired) electrons. The van der Waals surface area contributed by atoms with Crippen LogP contribution in [0.15, 0.2) is 12.3 Å². The molecule has 16 heavy (non-hydrogen) atoms. The highest BCUT2D eigenvalue weighted by Crippen LogP contribution is 2.06. The summed E-state index contributed by atoms with van der Waals surface area (Å²) in [6.45, 7) is 1.83. The quantitative estimate of drug-likeness (QED) is 0.802. The first kappa shape index (κ1) is 10.7. The van der Waals surface area contributed by atoms with Crippen molar-refractivity contribution in [1.82, 2.24) is 14.9 Å². The molecule has 1 fully saturated rings. The van der Waals surface area contributed by atoms with Crippen LogP contribution in [0.5, 0.6) is 0 Å². The van der Waals surface area contributed by atoms with Crippen LogP contribution < -0.4 is 5.73 Å². The van der Waals surface area contributed by atoms with Crippen molar-refractivity contribution in [3.8, 4) is 0 Å². The molecule has 0 atom stereocenters. The SMILES string of the molecule is Nc1ccnc(CCN2CCCOC2=O)n1. The Morgan fingerprint density at radius 1 is 1.56 bits per heavy atom. The van der Waals surface area contributed by atoms with E-state index >= 15 is 0 Å². The zero-order chi connectivity index (χ0) is 11.4. The fourth-order valence-electron chi connectivity index (χ4n) is 1.57. The molecular weight excluding hydrogens is 208 g/mol. The molecule has 0 bridgehead atoms. The minimum Gasteiger partial charge on any atom is -0.449 e. The Hall–Kier alpha value is -1.85. The number of anilines is 1. The third kappa shape index (κ3) is 2.59. The van der Waals surface area contributed by atoms with Crippen molar-refractivity contribution in [3.63, 3.8) is 0 Å². The molecule has 1 saturated heterocycles. The number of nitrogen functional groups attached to an aromatic ring is 1. The summed E-state index contributed by atoms with van der Waals surface area (Å²) in [6.07, 6.45) is 2.84. The zero-order valence-electron chi connectivity index (χ0n) is 8.93. The number of cyclic esters (lactones) is 1. The maximum Gasteiger partial charge on any atom is 0.409 e. The molecule has 0 spiro atoms. The Bertz CT molecular complexity index is 383. The predicted molar refractivity (Wildman–Crippen MR) is 57.7 cm³/mol. The van der Waals surface area contributed by atoms with Crippen LogP contribution in [0, 0.1) is 0 Å². The number of ether oxygens (including phenoxy) is 1. The van der Waals surface area contributed by atoms with Crippen molar-refractivity contribution in [2.24, 2.45) is 0 Å². The van der Waals surface area contributed by atoms with Crippen molar-refractivity contribution >= 4 is 11.9 Å². The van der Waals surface area contributed by atoms with Gasteiger partial charge in [0.2, 0.25) is 0 Å². The molecule has 0 aromatic carbocycles. The lowest BCUT2D eigenvalue weighted by molar-refractivity contribution is 0.0733. The molecule has 1 aromatic heterocycles. The third-order valence-electron chi connectivity index (χ3n) is 2.39. The standard InChI is InChI=1S/C10H14N4O2/c11-8-2-4-12-9(13-8)3-6-14-5-1-7-16-10(14)15/h2,4H,1,3,5-7H2,(H2,11,12,13). The van der Waals surface area contributed by atoms with E-state index < -0.39 is 0 Å². The van der Waals surface area contributed by atoms with Crippen LogP contribution in [0.2, 0.25) is 0 Å². The average Bonchev–Trinajstić information content (AvgIpc) is 2.28. The van der Waals surface area contributed by atoms with Gasteiger partial charge in [0.15, 0.2) is 0 Å². The van der Waals surface area contributed by atoms with Crippen LogP contribution in [0.4, 0.5) is 10.6 Å². The van der Waals surface area contributed by atoms with Gasteiger partial charge in [-0.15, -0.1) is 0 Å². The van der Waals surface area contributed by atoms with Crippen molar-refractivity contribution in [3.05, 3.63) is 18.1 Å². The van der Waals surface area contributed by atoms with Crippen molar-refractivity contribution < 1.29 is 9.53 Å². The van der Waals surface area contributed by atoms with E-state index in [0.717, 1.165) is 13.0 Å². The van der Waals surface area contributed by atoms with Gasteiger partial charge in [0.25, 0.3) is 0 Å². The minimum atomic E-state index is -0.254. The molecule has 2 heterocycles. The molecule has 6 heteroatoms. The molecule has 2 N–H and O–H groups in total. The Balaban J connectivity index is 1.89. The van der Waals surface area contributed by atoms with Crippen LogP contribution in [0.1, 0.15) is 12.2 Å². The smallest absolute Gasteiger partial charge is 0.409 e. The number of nitrogens with zero attached hydrogens (tertiary/aromatic N) is 3. The molecule has 0 aliphatic carbocycles. The Kier molecular flexibility index (Phi) is 3.19. The second-order valence-corrected chi connectivity index (χ2v) is 3.60. The lowest BCUT2D eigenvalue weighted by Gasteiger charge is -2.25. The van der Waals surface area contributed by atoms with E-state index in [1.54, 1.807) is 17.2 Å². The van der Waals surface area contributed by atoms with Gasteiger partial charge in [0.1, 0.15) is 11.6 Å². The largest absolute Gasteiger partial charge is 0.449 e. The summed E-state index contributed by atoms with van der Waals surface area (Å²) in [5, 5.41) is 0. The van der Waals surface area contributed by atoms with Gasteiger partial charge >= 0.3 is 6.09 Å². The highest BCUT2D eigenvalue weighted by Gasteiger charge is 2.19. The molecule has 6 nitrogen and oxygen atoms in total. The molecule has 1 aliphatic rings. The Labute approximate surface area is 93.4 Å². The lowest BCUT2D eigenvalue weighted by Crippen LogP contribution is -2.39. The van der Waals surface area contributed by atoms with E-state index in [4.69, 9.17) is 10.5 Å². The normalized spacial score (nSPS) is 16.0. The summed E-state index contributed by atoms with van der Waals surface area (Å²) in [5.41, 5.74) is 5.54. The number of hydrogen-bond donors (Lipinski definition) is 1. The first-order valence-corrected chi connectivity index (χ1v) is 5.25. The van der Waals surface area contributed by atoms with Gasteiger partial charge in [0, 0.05) is 25.7 Å². The second-order valence-electron chi connectivity index (χ2n) is 3.60. The average molecular weight is 222 g/mol. The minimum absolute atomic E-state index is 0.254. The van der Waals surface area contributed by atoms with Gasteiger partial charge in [-0.1, -0.05) is 0 Å². The van der Waals surface area contributed by atoms with E-state index in [0.29, 0.717) is 31.2 Å². The van der Waals surface area contributed by atoms with E-state index in [1.165, 1.54) is 0 Å². The van der Waals surface area contributed by atoms with E-state index in [9.17, 15) is 4.79 Å². The molecular formula is C10H14N4O2. The molecule has 0 saturated carbocycles. The number of aromatic nitrogens is 2. The number of carbonyl (C=O) groups is 1. The summed E-state index contributed by atoms with van der Waals surface area (Å²) in [6, 6.07) is 1.64. The number of nitrogens with two attached hydrogens (primary N) is 1. The molecule has 1 amide bonds. The number of rotatable bonds is 3. The summed E-state index contributed by atoms with van der Waals surface area (Å²) >= 11 is 0. The molecule has 86 valence electrons. The Morgan fingerprint density at radius 2 is 2.44 bits per heavy atom. The van der Waals surface area contributed by atoms with Gasteiger partial charge in [0.05, 0.1) is 6.61 Å². The van der Waals surface area contributed by atoms with Crippen LogP contribution in [-0.2, 0) is 11.2 Å². The summed E-state index contributed by atoms with van der Waals surface area (Å²) in [5.74, 6) is 1.10. The second kappa shape index (κ2) is 4.78. The number of hydrogen-bond acceptors (Lipinski definition) is 5. The van der Waals surface area contributed by atoms with E-state index in [-0.39, 0.29) is 6.09 Å². The molecule has 0 unspecified atom stereocenters. The van der Waals surface area contributed by atoms with E-state index in [2.05, 4.69) is 9.97 Å². The van der Waals surface area contributed by atoms with Crippen LogP contribution in [-0.4, -0.2) is 40.7 Å². The monoisotopic (exact) mass is 222 g/mol. The highest BCUT2D eigenvalue weighted by atomic mass is 16.6. The zero-order valence-corrected chi connectivity index (χ0v) is 8.93. The van der Waals surface area contributed by atoms with Crippen molar-refractivity contribution in [1.29, 1.82) is 0 Å². The fraction of sp³-hybridized carbons (Fsp3) is 0.500. The Morgan fingerprint density at radius 3 is 3.19 bits per heavy atom. The highest BCUT2D eigenvalue weighted by molar-refractivity contribution is 5.68. The van der Waals surface area contributed by atoms with Gasteiger partial charge < -0.3 is 15.4 Å². The number of amides is 1. The fourth-order valence-corrected chi connectivity index (χ4v) is 1.57. The van der Waals surface area contributed by atoms with E-state index in [1.807, 2.05) is 0 Å². The van der Waals surface area contributed by atoms with Crippen LogP contribution in [0.25, 0.3) is 0 Å². The topological polar surface area (TPSA) is 81.3 Å². The predicted octanol–water partition coefficient (Wildman–Crippen LogP) is 0.444. The summed E-state index contributed by atoms with van der Waals surface area (Å²) in [7, 11) is 0. The first-order valence-electron chi connectivity index (χ1n) is 5.25. The summed E-state index contributed by atoms with van der Waals surface area (Å²) in [4.78, 5) is 21.1. The van der Waals surface area contributed by atoms with Gasteiger partial charge in [-0.25, -0.2) is 14.8 Å². The van der Waals surface area contributed by atoms with Gasteiger partial charge in [-0.2, -0.15) is 0 Å². The van der Waals surface area contributed by atoms with Crippen LogP contribution in [0.3, 0.4) is 0 Å². The van der Waals surface area contributed by atoms with Gasteiger partial charge in [-0.3, -0.25) is 0 Å². The maximum absolute atomic E-state index is 11.3. The number of carbonyl (C=O) groups excluding carboxylic acids is 1. The van der Waals surface area contributed by atoms with Crippen molar-refractivity contribution in [2.75, 3.05) is 25.4 Å². The lowest BCUT2D eigenvalue weighted by atomic mass is 10.3. The molecule has 2 rings (SSSR count). The van der Waals surface area contributed by atoms with Crippen LogP contribution >= 0.6 is 0 Å². The summed E-state index contributed by atoms with van der Waals surface area (Å²) < 4.78 is 4.92. The molecule has 1 aromatic rings. The van der Waals surface area contributed by atoms with Crippen molar-refractivity contribution in [2.45, 2.75) is 12.8 Å². The first-order chi connectivity index (χ1) is 7.75. The van der Waals surface area contributed by atoms with Gasteiger partial charge in [-0.05, 0) is 12.5 Å². The molecule has 1 aliphatic heterocycles. The maximum atomic E-state index is 11.3.